The van der Waals surface area contributed by atoms with Gasteiger partial charge in [-0.15, -0.1) is 32.9 Å². The Bertz CT molecular complexity index is 1160. The Balaban J connectivity index is 1.41. The van der Waals surface area contributed by atoms with Gasteiger partial charge in [-0.3, -0.25) is 4.79 Å². The van der Waals surface area contributed by atoms with Gasteiger partial charge in [-0.05, 0) is 26.3 Å². The van der Waals surface area contributed by atoms with Crippen LogP contribution in [0, 0.1) is 13.8 Å². The van der Waals surface area contributed by atoms with Crippen LogP contribution in [-0.4, -0.2) is 31.4 Å². The molecule has 4 rings (SSSR count). The second-order valence-corrected chi connectivity index (χ2v) is 9.51. The highest BCUT2D eigenvalue weighted by atomic mass is 32.2. The molecule has 1 aromatic carbocycles. The van der Waals surface area contributed by atoms with Gasteiger partial charge in [0.25, 0.3) is 0 Å². The molecule has 9 heteroatoms. The molecule has 0 aliphatic rings. The highest BCUT2D eigenvalue weighted by molar-refractivity contribution is 7.99. The first-order chi connectivity index (χ1) is 14.6. The number of aromatic nitrogens is 4. The zero-order valence-corrected chi connectivity index (χ0v) is 19.3. The van der Waals surface area contributed by atoms with Crippen molar-refractivity contribution in [1.82, 2.24) is 19.7 Å². The van der Waals surface area contributed by atoms with Crippen LogP contribution < -0.4 is 5.32 Å². The van der Waals surface area contributed by atoms with Crippen LogP contribution in [0.5, 0.6) is 0 Å². The number of hydrogen-bond donors (Lipinski definition) is 1. The van der Waals surface area contributed by atoms with Crippen LogP contribution in [0.25, 0.3) is 22.6 Å². The maximum atomic E-state index is 12.4. The molecule has 0 aliphatic carbocycles. The van der Waals surface area contributed by atoms with E-state index in [9.17, 15) is 4.79 Å². The van der Waals surface area contributed by atoms with Crippen molar-refractivity contribution in [3.8, 4) is 22.6 Å². The average molecular weight is 456 g/mol. The molecule has 0 spiro atoms. The van der Waals surface area contributed by atoms with Crippen molar-refractivity contribution in [2.45, 2.75) is 32.5 Å². The highest BCUT2D eigenvalue weighted by Gasteiger charge is 2.18. The summed E-state index contributed by atoms with van der Waals surface area (Å²) in [5.74, 6) is 0.999. The van der Waals surface area contributed by atoms with E-state index >= 15 is 0 Å². The third kappa shape index (κ3) is 4.33. The lowest BCUT2D eigenvalue weighted by Crippen LogP contribution is -2.14. The van der Waals surface area contributed by atoms with Crippen LogP contribution in [0.15, 0.2) is 46.2 Å². The number of carbonyl (C=O) groups is 1. The zero-order chi connectivity index (χ0) is 21.1. The molecular weight excluding hydrogens is 434 g/mol. The van der Waals surface area contributed by atoms with Crippen LogP contribution in [-0.2, 0) is 11.3 Å². The summed E-state index contributed by atoms with van der Waals surface area (Å²) in [6.45, 7) is 7.02. The molecule has 0 atom stereocenters. The Morgan fingerprint density at radius 2 is 1.93 bits per heavy atom. The molecule has 3 aromatic heterocycles. The minimum absolute atomic E-state index is 0.108. The molecule has 0 saturated carbocycles. The van der Waals surface area contributed by atoms with Gasteiger partial charge in [-0.25, -0.2) is 4.98 Å². The van der Waals surface area contributed by atoms with E-state index in [4.69, 9.17) is 0 Å². The van der Waals surface area contributed by atoms with E-state index in [-0.39, 0.29) is 11.7 Å². The molecule has 1 amide bonds. The number of carbonyl (C=O) groups excluding carboxylic acids is 1. The minimum atomic E-state index is -0.108. The van der Waals surface area contributed by atoms with E-state index in [0.29, 0.717) is 5.13 Å². The van der Waals surface area contributed by atoms with Crippen molar-refractivity contribution < 1.29 is 4.79 Å². The van der Waals surface area contributed by atoms with Crippen molar-refractivity contribution in [1.29, 1.82) is 0 Å². The second kappa shape index (κ2) is 9.11. The molecule has 0 aliphatic heterocycles. The molecule has 0 unspecified atom stereocenters. The second-order valence-electron chi connectivity index (χ2n) is 6.62. The summed E-state index contributed by atoms with van der Waals surface area (Å²) in [5, 5.41) is 17.0. The summed E-state index contributed by atoms with van der Waals surface area (Å²) in [6.07, 6.45) is 0. The number of nitrogens with zero attached hydrogens (tertiary/aromatic N) is 4. The molecule has 0 saturated heterocycles. The number of amides is 1. The van der Waals surface area contributed by atoms with E-state index < -0.39 is 0 Å². The summed E-state index contributed by atoms with van der Waals surface area (Å²) in [7, 11) is 0. The molecule has 154 valence electrons. The van der Waals surface area contributed by atoms with E-state index in [0.717, 1.165) is 34.3 Å². The standard InChI is InChI=1S/C21H21N5OS3/c1-4-26-19(16-10-28-14(3)13(16)2)24-25-21(26)30-12-18(27)23-20-22-17(11-29-20)15-8-6-5-7-9-15/h5-11H,4,12H2,1-3H3,(H,22,23,27). The average Bonchev–Trinajstić information content (AvgIpc) is 3.47. The SMILES string of the molecule is CCn1c(SCC(=O)Nc2nc(-c3ccccc3)cs2)nnc1-c1csc(C)c1C. The van der Waals surface area contributed by atoms with E-state index in [1.165, 1.54) is 33.5 Å². The van der Waals surface area contributed by atoms with Crippen LogP contribution in [0.3, 0.4) is 0 Å². The molecular formula is C21H21N5OS3. The van der Waals surface area contributed by atoms with Gasteiger partial charge >= 0.3 is 0 Å². The fourth-order valence-corrected chi connectivity index (χ4v) is 5.37. The highest BCUT2D eigenvalue weighted by Crippen LogP contribution is 2.31. The molecule has 6 nitrogen and oxygen atoms in total. The largest absolute Gasteiger partial charge is 0.302 e. The number of thiazole rings is 1. The first-order valence-electron chi connectivity index (χ1n) is 9.48. The number of thioether (sulfide) groups is 1. The molecule has 30 heavy (non-hydrogen) atoms. The maximum Gasteiger partial charge on any atom is 0.236 e. The molecule has 1 N–H and O–H groups in total. The minimum Gasteiger partial charge on any atom is -0.302 e. The monoisotopic (exact) mass is 455 g/mol. The number of benzene rings is 1. The van der Waals surface area contributed by atoms with Gasteiger partial charge < -0.3 is 9.88 Å². The lowest BCUT2D eigenvalue weighted by atomic mass is 10.1. The Morgan fingerprint density at radius 1 is 1.13 bits per heavy atom. The maximum absolute atomic E-state index is 12.4. The topological polar surface area (TPSA) is 72.7 Å². The van der Waals surface area contributed by atoms with E-state index in [2.05, 4.69) is 51.2 Å². The van der Waals surface area contributed by atoms with Gasteiger partial charge in [0.2, 0.25) is 5.91 Å². The molecule has 0 bridgehead atoms. The van der Waals surface area contributed by atoms with Gasteiger partial charge in [0, 0.05) is 33.3 Å². The number of aryl methyl sites for hydroxylation is 1. The Morgan fingerprint density at radius 3 is 2.63 bits per heavy atom. The van der Waals surface area contributed by atoms with Crippen LogP contribution in [0.2, 0.25) is 0 Å². The van der Waals surface area contributed by atoms with Crippen LogP contribution >= 0.6 is 34.4 Å². The smallest absolute Gasteiger partial charge is 0.236 e. The van der Waals surface area contributed by atoms with Crippen molar-refractivity contribution >= 4 is 45.5 Å². The summed E-state index contributed by atoms with van der Waals surface area (Å²) in [6, 6.07) is 9.92. The van der Waals surface area contributed by atoms with E-state index in [1.807, 2.05) is 35.7 Å². The summed E-state index contributed by atoms with van der Waals surface area (Å²) >= 11 is 4.53. The van der Waals surface area contributed by atoms with Gasteiger partial charge in [-0.2, -0.15) is 0 Å². The molecule has 0 fully saturated rings. The summed E-state index contributed by atoms with van der Waals surface area (Å²) in [4.78, 5) is 18.2. The first kappa shape index (κ1) is 20.8. The lowest BCUT2D eigenvalue weighted by Gasteiger charge is -2.07. The third-order valence-electron chi connectivity index (χ3n) is 4.71. The molecule has 3 heterocycles. The normalized spacial score (nSPS) is 11.0. The predicted octanol–water partition coefficient (Wildman–Crippen LogP) is 5.50. The molecule has 0 radical (unpaired) electrons. The fourth-order valence-electron chi connectivity index (χ4n) is 2.97. The predicted molar refractivity (Wildman–Crippen MR) is 125 cm³/mol. The zero-order valence-electron chi connectivity index (χ0n) is 16.9. The van der Waals surface area contributed by atoms with E-state index in [1.54, 1.807) is 11.3 Å². The number of anilines is 1. The Labute approximate surface area is 187 Å². The van der Waals surface area contributed by atoms with Gasteiger partial charge in [0.05, 0.1) is 11.4 Å². The quantitative estimate of drug-likeness (QED) is 0.373. The van der Waals surface area contributed by atoms with Crippen molar-refractivity contribution in [3.63, 3.8) is 0 Å². The summed E-state index contributed by atoms with van der Waals surface area (Å²) in [5.41, 5.74) is 4.24. The lowest BCUT2D eigenvalue weighted by molar-refractivity contribution is -0.113. The van der Waals surface area contributed by atoms with Crippen molar-refractivity contribution in [2.75, 3.05) is 11.1 Å². The first-order valence-corrected chi connectivity index (χ1v) is 12.2. The number of nitrogens with one attached hydrogen (secondary N) is 1. The molecule has 4 aromatic rings. The van der Waals surface area contributed by atoms with Crippen molar-refractivity contribution in [3.05, 3.63) is 51.5 Å². The van der Waals surface area contributed by atoms with Gasteiger partial charge in [0.1, 0.15) is 0 Å². The number of thiophene rings is 1. The van der Waals surface area contributed by atoms with Crippen LogP contribution in [0.4, 0.5) is 5.13 Å². The van der Waals surface area contributed by atoms with Crippen molar-refractivity contribution in [2.24, 2.45) is 0 Å². The van der Waals surface area contributed by atoms with Gasteiger partial charge in [0.15, 0.2) is 16.1 Å². The summed E-state index contributed by atoms with van der Waals surface area (Å²) < 4.78 is 2.06. The number of rotatable bonds is 7. The van der Waals surface area contributed by atoms with Crippen LogP contribution in [0.1, 0.15) is 17.4 Å². The third-order valence-corrected chi connectivity index (χ3v) is 7.45. The van der Waals surface area contributed by atoms with Gasteiger partial charge in [-0.1, -0.05) is 42.1 Å². The Hall–Kier alpha value is -2.49. The fraction of sp³-hybridized carbons (Fsp3) is 0.238. The Kier molecular flexibility index (Phi) is 6.31. The number of hydrogen-bond acceptors (Lipinski definition) is 7.